The van der Waals surface area contributed by atoms with E-state index in [1.807, 2.05) is 20.8 Å². The second-order valence-corrected chi connectivity index (χ2v) is 5.18. The SMILES string of the molecule is CC(C)(C)C(=O)c1cnc(CS)c(CS)n1. The number of hydrogen-bond acceptors (Lipinski definition) is 5. The Morgan fingerprint density at radius 2 is 1.81 bits per heavy atom. The maximum atomic E-state index is 12.0. The van der Waals surface area contributed by atoms with Gasteiger partial charge < -0.3 is 0 Å². The van der Waals surface area contributed by atoms with Gasteiger partial charge in [-0.2, -0.15) is 25.3 Å². The minimum atomic E-state index is -0.439. The van der Waals surface area contributed by atoms with Crippen molar-refractivity contribution in [1.82, 2.24) is 9.97 Å². The molecule has 0 atom stereocenters. The number of carbonyl (C=O) groups is 1. The molecular weight excluding hydrogens is 240 g/mol. The summed E-state index contributed by atoms with van der Waals surface area (Å²) < 4.78 is 0. The summed E-state index contributed by atoms with van der Waals surface area (Å²) in [5, 5.41) is 0. The summed E-state index contributed by atoms with van der Waals surface area (Å²) in [5.74, 6) is 0.967. The molecule has 0 spiro atoms. The maximum Gasteiger partial charge on any atom is 0.188 e. The Kier molecular flexibility index (Phi) is 4.38. The fourth-order valence-electron chi connectivity index (χ4n) is 1.20. The Bertz CT molecular complexity index is 399. The van der Waals surface area contributed by atoms with E-state index < -0.39 is 5.41 Å². The summed E-state index contributed by atoms with van der Waals surface area (Å²) in [6.45, 7) is 5.59. The van der Waals surface area contributed by atoms with E-state index in [0.717, 1.165) is 11.4 Å². The van der Waals surface area contributed by atoms with E-state index in [9.17, 15) is 4.79 Å². The van der Waals surface area contributed by atoms with Crippen LogP contribution in [0.3, 0.4) is 0 Å². The van der Waals surface area contributed by atoms with E-state index in [2.05, 4.69) is 35.2 Å². The van der Waals surface area contributed by atoms with Gasteiger partial charge in [0.05, 0.1) is 17.6 Å². The van der Waals surface area contributed by atoms with Crippen LogP contribution in [0.15, 0.2) is 6.20 Å². The number of nitrogens with zero attached hydrogens (tertiary/aromatic N) is 2. The fraction of sp³-hybridized carbons (Fsp3) is 0.545. The van der Waals surface area contributed by atoms with Gasteiger partial charge in [0.15, 0.2) is 5.78 Å². The number of carbonyl (C=O) groups excluding carboxylic acids is 1. The van der Waals surface area contributed by atoms with Gasteiger partial charge in [0.2, 0.25) is 0 Å². The van der Waals surface area contributed by atoms with Gasteiger partial charge in [-0.3, -0.25) is 9.78 Å². The third kappa shape index (κ3) is 2.98. The van der Waals surface area contributed by atoms with Crippen LogP contribution in [0.2, 0.25) is 0 Å². The minimum Gasteiger partial charge on any atom is -0.292 e. The van der Waals surface area contributed by atoms with E-state index in [1.165, 1.54) is 6.20 Å². The van der Waals surface area contributed by atoms with Crippen LogP contribution in [0.1, 0.15) is 42.6 Å². The molecule has 1 aromatic rings. The van der Waals surface area contributed by atoms with Crippen molar-refractivity contribution < 1.29 is 4.79 Å². The number of Topliss-reactive ketones (excluding diaryl/α,β-unsaturated/α-hetero) is 1. The van der Waals surface area contributed by atoms with E-state index in [4.69, 9.17) is 0 Å². The molecule has 1 heterocycles. The lowest BCUT2D eigenvalue weighted by molar-refractivity contribution is 0.0852. The fourth-order valence-corrected chi connectivity index (χ4v) is 1.72. The second-order valence-electron chi connectivity index (χ2n) is 4.54. The van der Waals surface area contributed by atoms with E-state index >= 15 is 0 Å². The van der Waals surface area contributed by atoms with Crippen LogP contribution in [-0.4, -0.2) is 15.8 Å². The summed E-state index contributed by atoms with van der Waals surface area (Å²) in [7, 11) is 0. The molecule has 0 aliphatic heterocycles. The van der Waals surface area contributed by atoms with Crippen molar-refractivity contribution in [3.63, 3.8) is 0 Å². The zero-order chi connectivity index (χ0) is 12.3. The van der Waals surface area contributed by atoms with Crippen LogP contribution in [0.4, 0.5) is 0 Å². The summed E-state index contributed by atoms with van der Waals surface area (Å²) in [4.78, 5) is 20.5. The van der Waals surface area contributed by atoms with Crippen molar-refractivity contribution in [3.05, 3.63) is 23.3 Å². The van der Waals surface area contributed by atoms with Crippen LogP contribution < -0.4 is 0 Å². The second kappa shape index (κ2) is 5.19. The molecule has 0 aliphatic rings. The Labute approximate surface area is 107 Å². The standard InChI is InChI=1S/C11H16N2OS2/c1-11(2,3)10(14)7-4-12-8(5-15)9(6-16)13-7/h4,15-16H,5-6H2,1-3H3. The number of hydrogen-bond donors (Lipinski definition) is 2. The van der Waals surface area contributed by atoms with Crippen molar-refractivity contribution in [2.24, 2.45) is 5.41 Å². The number of aromatic nitrogens is 2. The van der Waals surface area contributed by atoms with Crippen LogP contribution in [0.25, 0.3) is 0 Å². The summed E-state index contributed by atoms with van der Waals surface area (Å²) in [6, 6.07) is 0. The highest BCUT2D eigenvalue weighted by Crippen LogP contribution is 2.20. The third-order valence-corrected chi connectivity index (χ3v) is 2.74. The van der Waals surface area contributed by atoms with Crippen molar-refractivity contribution in [2.45, 2.75) is 32.3 Å². The molecule has 5 heteroatoms. The lowest BCUT2D eigenvalue weighted by Crippen LogP contribution is -2.22. The Morgan fingerprint density at radius 1 is 1.25 bits per heavy atom. The van der Waals surface area contributed by atoms with Gasteiger partial charge in [0, 0.05) is 16.9 Å². The largest absolute Gasteiger partial charge is 0.292 e. The zero-order valence-electron chi connectivity index (χ0n) is 9.69. The Morgan fingerprint density at radius 3 is 2.25 bits per heavy atom. The van der Waals surface area contributed by atoms with Crippen molar-refractivity contribution in [3.8, 4) is 0 Å². The number of thiol groups is 2. The van der Waals surface area contributed by atoms with Gasteiger partial charge in [0.25, 0.3) is 0 Å². The van der Waals surface area contributed by atoms with E-state index in [-0.39, 0.29) is 5.78 Å². The average molecular weight is 256 g/mol. The van der Waals surface area contributed by atoms with Gasteiger partial charge >= 0.3 is 0 Å². The predicted octanol–water partition coefficient (Wildman–Crippen LogP) is 2.57. The van der Waals surface area contributed by atoms with Crippen LogP contribution in [0, 0.1) is 5.41 Å². The third-order valence-electron chi connectivity index (χ3n) is 2.14. The smallest absolute Gasteiger partial charge is 0.188 e. The van der Waals surface area contributed by atoms with E-state index in [1.54, 1.807) is 0 Å². The maximum absolute atomic E-state index is 12.0. The lowest BCUT2D eigenvalue weighted by atomic mass is 9.89. The molecule has 0 radical (unpaired) electrons. The van der Waals surface area contributed by atoms with Gasteiger partial charge in [0.1, 0.15) is 5.69 Å². The number of ketones is 1. The molecule has 16 heavy (non-hydrogen) atoms. The summed E-state index contributed by atoms with van der Waals surface area (Å²) in [5.41, 5.74) is 1.48. The molecule has 88 valence electrons. The van der Waals surface area contributed by atoms with Gasteiger partial charge in [-0.1, -0.05) is 20.8 Å². The van der Waals surface area contributed by atoms with E-state index in [0.29, 0.717) is 17.2 Å². The van der Waals surface area contributed by atoms with Gasteiger partial charge in [-0.25, -0.2) is 4.98 Å². The molecule has 0 bridgehead atoms. The molecule has 0 saturated carbocycles. The quantitative estimate of drug-likeness (QED) is 0.645. The van der Waals surface area contributed by atoms with Gasteiger partial charge in [-0.15, -0.1) is 0 Å². The zero-order valence-corrected chi connectivity index (χ0v) is 11.5. The predicted molar refractivity (Wildman–Crippen MR) is 71.2 cm³/mol. The van der Waals surface area contributed by atoms with Crippen LogP contribution in [0.5, 0.6) is 0 Å². The first-order valence-corrected chi connectivity index (χ1v) is 6.28. The molecular formula is C11H16N2OS2. The highest BCUT2D eigenvalue weighted by Gasteiger charge is 2.25. The topological polar surface area (TPSA) is 42.9 Å². The first-order valence-electron chi connectivity index (χ1n) is 5.01. The van der Waals surface area contributed by atoms with Crippen molar-refractivity contribution in [1.29, 1.82) is 0 Å². The van der Waals surface area contributed by atoms with Gasteiger partial charge in [-0.05, 0) is 0 Å². The highest BCUT2D eigenvalue weighted by atomic mass is 32.1. The average Bonchev–Trinajstić information content (AvgIpc) is 2.25. The lowest BCUT2D eigenvalue weighted by Gasteiger charge is -2.16. The molecule has 0 amide bonds. The van der Waals surface area contributed by atoms with Crippen LogP contribution in [-0.2, 0) is 11.5 Å². The molecule has 0 saturated heterocycles. The number of rotatable bonds is 3. The van der Waals surface area contributed by atoms with Crippen molar-refractivity contribution >= 4 is 31.0 Å². The van der Waals surface area contributed by atoms with Crippen molar-refractivity contribution in [2.75, 3.05) is 0 Å². The Balaban J connectivity index is 3.13. The minimum absolute atomic E-state index is 0.00579. The molecule has 0 aromatic carbocycles. The monoisotopic (exact) mass is 256 g/mol. The molecule has 0 aliphatic carbocycles. The molecule has 0 unspecified atom stereocenters. The molecule has 1 rings (SSSR count). The first kappa shape index (κ1) is 13.5. The molecule has 0 fully saturated rings. The molecule has 1 aromatic heterocycles. The summed E-state index contributed by atoms with van der Waals surface area (Å²) >= 11 is 8.33. The summed E-state index contributed by atoms with van der Waals surface area (Å²) in [6.07, 6.45) is 1.52. The molecule has 3 nitrogen and oxygen atoms in total. The normalized spacial score (nSPS) is 11.6. The van der Waals surface area contributed by atoms with Crippen LogP contribution >= 0.6 is 25.3 Å². The highest BCUT2D eigenvalue weighted by molar-refractivity contribution is 7.79. The molecule has 0 N–H and O–H groups in total. The first-order chi connectivity index (χ1) is 7.40. The Hall–Kier alpha value is -0.550.